The molecule has 0 fully saturated rings. The molecule has 1 aliphatic heterocycles. The minimum absolute atomic E-state index is 0.0158. The maximum atomic E-state index is 11.0. The van der Waals surface area contributed by atoms with Crippen LogP contribution in [0.2, 0.25) is 31.9 Å². The Morgan fingerprint density at radius 1 is 1.13 bits per heavy atom. The van der Waals surface area contributed by atoms with E-state index in [0.717, 1.165) is 5.76 Å². The third kappa shape index (κ3) is 2.83. The van der Waals surface area contributed by atoms with Crippen molar-refractivity contribution in [2.24, 2.45) is 0 Å². The van der Waals surface area contributed by atoms with Crippen LogP contribution in [0, 0.1) is 6.92 Å². The number of fused-ring (bicyclic) bond motifs is 1. The van der Waals surface area contributed by atoms with Crippen LogP contribution in [0.15, 0.2) is 28.7 Å². The Morgan fingerprint density at radius 2 is 1.74 bits per heavy atom. The molecule has 122 valence electrons. The largest absolute Gasteiger partial charge is 0.475 e. The van der Waals surface area contributed by atoms with Crippen molar-refractivity contribution in [2.75, 3.05) is 0 Å². The molecule has 0 amide bonds. The number of hydrogen-bond acceptors (Lipinski definition) is 2. The second kappa shape index (κ2) is 5.21. The molecule has 0 spiro atoms. The van der Waals surface area contributed by atoms with E-state index in [0.29, 0.717) is 6.42 Å². The number of hydrogen-bond donors (Lipinski definition) is 1. The van der Waals surface area contributed by atoms with E-state index in [1.54, 1.807) is 16.4 Å². The van der Waals surface area contributed by atoms with Crippen LogP contribution in [0.5, 0.6) is 0 Å². The number of furan rings is 1. The van der Waals surface area contributed by atoms with Gasteiger partial charge < -0.3 is 9.52 Å². The minimum Gasteiger partial charge on any atom is -0.475 e. The van der Waals surface area contributed by atoms with Gasteiger partial charge in [-0.05, 0) is 30.2 Å². The molecule has 23 heavy (non-hydrogen) atoms. The van der Waals surface area contributed by atoms with E-state index >= 15 is 0 Å². The molecule has 0 unspecified atom stereocenters. The number of carboxylic acids is 1. The number of aromatic carboxylic acids is 1. The second-order valence-electron chi connectivity index (χ2n) is 8.02. The highest BCUT2D eigenvalue weighted by Crippen LogP contribution is 2.28. The SMILES string of the molecule is Cc1cc2c(cc1Cc1ccc(C(=O)O)o1)[Si](C)(C)C[Si]2(C)C. The van der Waals surface area contributed by atoms with Crippen LogP contribution in [0.3, 0.4) is 0 Å². The second-order valence-corrected chi connectivity index (χ2v) is 18.0. The van der Waals surface area contributed by atoms with E-state index in [-0.39, 0.29) is 5.76 Å². The van der Waals surface area contributed by atoms with E-state index in [1.165, 1.54) is 22.9 Å². The van der Waals surface area contributed by atoms with Crippen LogP contribution < -0.4 is 10.4 Å². The van der Waals surface area contributed by atoms with Crippen LogP contribution in [0.4, 0.5) is 0 Å². The highest BCUT2D eigenvalue weighted by Gasteiger charge is 2.44. The fourth-order valence-electron chi connectivity index (χ4n) is 4.13. The summed E-state index contributed by atoms with van der Waals surface area (Å²) in [5.41, 5.74) is 3.98. The lowest BCUT2D eigenvalue weighted by Crippen LogP contribution is -2.44. The minimum atomic E-state index is -1.34. The van der Waals surface area contributed by atoms with Crippen molar-refractivity contribution in [3.05, 3.63) is 46.9 Å². The van der Waals surface area contributed by atoms with Crippen molar-refractivity contribution < 1.29 is 14.3 Å². The fourth-order valence-corrected chi connectivity index (χ4v) is 19.3. The summed E-state index contributed by atoms with van der Waals surface area (Å²) >= 11 is 0. The van der Waals surface area contributed by atoms with Gasteiger partial charge in [-0.2, -0.15) is 0 Å². The van der Waals surface area contributed by atoms with Crippen molar-refractivity contribution in [2.45, 2.75) is 45.2 Å². The predicted octanol–water partition coefficient (Wildman–Crippen LogP) is 3.26. The highest BCUT2D eigenvalue weighted by molar-refractivity contribution is 7.14. The van der Waals surface area contributed by atoms with Gasteiger partial charge in [0.15, 0.2) is 0 Å². The van der Waals surface area contributed by atoms with Gasteiger partial charge in [-0.1, -0.05) is 54.4 Å². The van der Waals surface area contributed by atoms with Gasteiger partial charge in [0.2, 0.25) is 5.76 Å². The zero-order chi connectivity index (χ0) is 17.0. The first kappa shape index (κ1) is 16.3. The Labute approximate surface area is 139 Å². The Hall–Kier alpha value is -1.60. The first-order valence-corrected chi connectivity index (χ1v) is 14.5. The molecular weight excluding hydrogens is 320 g/mol. The van der Waals surface area contributed by atoms with Gasteiger partial charge in [0.25, 0.3) is 0 Å². The van der Waals surface area contributed by atoms with Crippen LogP contribution in [-0.4, -0.2) is 27.2 Å². The fraction of sp³-hybridized carbons (Fsp3) is 0.389. The molecule has 3 rings (SSSR count). The van der Waals surface area contributed by atoms with E-state index in [9.17, 15) is 4.79 Å². The summed E-state index contributed by atoms with van der Waals surface area (Å²) in [6.07, 6.45) is 0.666. The van der Waals surface area contributed by atoms with E-state index < -0.39 is 22.1 Å². The lowest BCUT2D eigenvalue weighted by molar-refractivity contribution is 0.0660. The van der Waals surface area contributed by atoms with Crippen molar-refractivity contribution in [1.29, 1.82) is 0 Å². The Balaban J connectivity index is 2.00. The molecule has 2 heterocycles. The number of carbonyl (C=O) groups is 1. The van der Waals surface area contributed by atoms with Crippen molar-refractivity contribution in [3.63, 3.8) is 0 Å². The highest BCUT2D eigenvalue weighted by atomic mass is 28.4. The smallest absolute Gasteiger partial charge is 0.371 e. The van der Waals surface area contributed by atoms with Crippen molar-refractivity contribution in [1.82, 2.24) is 0 Å². The molecule has 0 aliphatic carbocycles. The van der Waals surface area contributed by atoms with E-state index in [1.807, 2.05) is 0 Å². The summed E-state index contributed by atoms with van der Waals surface area (Å²) in [4.78, 5) is 11.0. The average Bonchev–Trinajstić information content (AvgIpc) is 2.93. The van der Waals surface area contributed by atoms with Gasteiger partial charge in [0.05, 0.1) is 16.1 Å². The molecule has 2 aromatic rings. The summed E-state index contributed by atoms with van der Waals surface area (Å²) in [7, 11) is -2.64. The summed E-state index contributed by atoms with van der Waals surface area (Å²) in [6, 6.07) is 8.10. The van der Waals surface area contributed by atoms with Crippen LogP contribution >= 0.6 is 0 Å². The summed E-state index contributed by atoms with van der Waals surface area (Å²) in [5.74, 6) is -0.273. The quantitative estimate of drug-likeness (QED) is 0.870. The maximum Gasteiger partial charge on any atom is 0.371 e. The molecule has 0 saturated carbocycles. The van der Waals surface area contributed by atoms with Gasteiger partial charge in [0.1, 0.15) is 5.76 Å². The molecule has 0 bridgehead atoms. The monoisotopic (exact) mass is 344 g/mol. The predicted molar refractivity (Wildman–Crippen MR) is 98.7 cm³/mol. The standard InChI is InChI=1S/C18H24O3Si2/c1-12-8-16-17(23(4,5)11-22(16,2)3)10-13(12)9-14-6-7-15(21-14)18(19)20/h6-8,10H,9,11H2,1-5H3,(H,19,20). The van der Waals surface area contributed by atoms with Crippen molar-refractivity contribution in [3.8, 4) is 0 Å². The van der Waals surface area contributed by atoms with Crippen LogP contribution in [0.25, 0.3) is 0 Å². The van der Waals surface area contributed by atoms with Gasteiger partial charge in [-0.3, -0.25) is 0 Å². The molecule has 5 heteroatoms. The molecular formula is C18H24O3Si2. The van der Waals surface area contributed by atoms with Crippen LogP contribution in [-0.2, 0) is 6.42 Å². The average molecular weight is 345 g/mol. The lowest BCUT2D eigenvalue weighted by atomic mass is 10.0. The molecule has 1 N–H and O–H groups in total. The topological polar surface area (TPSA) is 50.4 Å². The maximum absolute atomic E-state index is 11.0. The molecule has 0 saturated heterocycles. The first-order valence-electron chi connectivity index (χ1n) is 8.07. The number of benzene rings is 1. The lowest BCUT2D eigenvalue weighted by Gasteiger charge is -2.19. The van der Waals surface area contributed by atoms with Crippen LogP contribution in [0.1, 0.15) is 27.4 Å². The summed E-state index contributed by atoms with van der Waals surface area (Å²) in [6.45, 7) is 12.1. The molecule has 0 atom stereocenters. The van der Waals surface area contributed by atoms with Gasteiger partial charge in [-0.15, -0.1) is 0 Å². The molecule has 3 nitrogen and oxygen atoms in total. The normalized spacial score (nSPS) is 18.0. The van der Waals surface area contributed by atoms with E-state index in [2.05, 4.69) is 45.2 Å². The molecule has 1 aliphatic rings. The third-order valence-corrected chi connectivity index (χ3v) is 16.1. The summed E-state index contributed by atoms with van der Waals surface area (Å²) < 4.78 is 5.44. The Kier molecular flexibility index (Phi) is 3.68. The molecule has 1 aromatic carbocycles. The Bertz CT molecular complexity index is 788. The zero-order valence-electron chi connectivity index (χ0n) is 14.5. The van der Waals surface area contributed by atoms with E-state index in [4.69, 9.17) is 9.52 Å². The van der Waals surface area contributed by atoms with Gasteiger partial charge >= 0.3 is 5.97 Å². The molecule has 0 radical (unpaired) electrons. The summed E-state index contributed by atoms with van der Waals surface area (Å²) in [5, 5.41) is 12.2. The third-order valence-electron chi connectivity index (χ3n) is 5.06. The Morgan fingerprint density at radius 3 is 2.30 bits per heavy atom. The van der Waals surface area contributed by atoms with Gasteiger partial charge in [-0.25, -0.2) is 4.79 Å². The zero-order valence-corrected chi connectivity index (χ0v) is 16.5. The van der Waals surface area contributed by atoms with Gasteiger partial charge in [0, 0.05) is 6.42 Å². The number of carboxylic acid groups (broad SMARTS) is 1. The number of rotatable bonds is 3. The first-order chi connectivity index (χ1) is 10.6. The molecule has 1 aromatic heterocycles. The van der Waals surface area contributed by atoms with Crippen molar-refractivity contribution >= 4 is 32.5 Å². The number of aryl methyl sites for hydroxylation is 1.